The molecule has 0 saturated heterocycles. The molecule has 15 heavy (non-hydrogen) atoms. The molecule has 2 rings (SSSR count). The van der Waals surface area contributed by atoms with Gasteiger partial charge in [0.05, 0.1) is 16.3 Å². The number of sulfone groups is 1. The van der Waals surface area contributed by atoms with Gasteiger partial charge in [0.2, 0.25) is 0 Å². The average molecular weight is 225 g/mol. The minimum Gasteiger partial charge on any atom is -0.260 e. The number of nitrogens with zero attached hydrogens (tertiary/aromatic N) is 1. The van der Waals surface area contributed by atoms with E-state index < -0.39 is 9.84 Å². The largest absolute Gasteiger partial charge is 0.260 e. The first-order valence-corrected chi connectivity index (χ1v) is 6.89. The Balaban J connectivity index is 2.49. The summed E-state index contributed by atoms with van der Waals surface area (Å²) in [6.45, 7) is 3.41. The van der Waals surface area contributed by atoms with Gasteiger partial charge in [-0.1, -0.05) is 6.92 Å². The zero-order valence-corrected chi connectivity index (χ0v) is 9.84. The van der Waals surface area contributed by atoms with Crippen LogP contribution in [0.25, 0.3) is 0 Å². The summed E-state index contributed by atoms with van der Waals surface area (Å²) in [4.78, 5) is 4.59. The van der Waals surface area contributed by atoms with Gasteiger partial charge in [-0.15, -0.1) is 0 Å². The molecule has 1 aromatic heterocycles. The van der Waals surface area contributed by atoms with Gasteiger partial charge in [0, 0.05) is 6.20 Å². The number of pyridine rings is 1. The molecule has 4 heteroatoms. The number of rotatable bonds is 3. The number of aryl methyl sites for hydroxylation is 1. The smallest absolute Gasteiger partial charge is 0.179 e. The summed E-state index contributed by atoms with van der Waals surface area (Å²) in [6, 6.07) is 1.80. The van der Waals surface area contributed by atoms with Crippen LogP contribution >= 0.6 is 0 Å². The van der Waals surface area contributed by atoms with Crippen LogP contribution < -0.4 is 0 Å². The maximum absolute atomic E-state index is 11.8. The zero-order chi connectivity index (χ0) is 11.1. The number of aromatic nitrogens is 1. The zero-order valence-electron chi connectivity index (χ0n) is 9.03. The third kappa shape index (κ3) is 2.04. The number of hydrogen-bond acceptors (Lipinski definition) is 3. The van der Waals surface area contributed by atoms with Crippen LogP contribution in [0, 0.1) is 6.92 Å². The molecule has 1 aliphatic carbocycles. The van der Waals surface area contributed by atoms with Gasteiger partial charge < -0.3 is 0 Å². The molecule has 0 radical (unpaired) electrons. The quantitative estimate of drug-likeness (QED) is 0.791. The first-order chi connectivity index (χ1) is 7.04. The van der Waals surface area contributed by atoms with Crippen molar-refractivity contribution >= 4 is 9.84 Å². The van der Waals surface area contributed by atoms with Crippen molar-refractivity contribution in [1.29, 1.82) is 0 Å². The normalized spacial score (nSPS) is 16.7. The number of hydrogen-bond donors (Lipinski definition) is 0. The average Bonchev–Trinajstić information content (AvgIpc) is 3.02. The molecular weight excluding hydrogens is 210 g/mol. The Bertz CT molecular complexity index is 475. The molecule has 1 fully saturated rings. The van der Waals surface area contributed by atoms with Crippen molar-refractivity contribution < 1.29 is 8.42 Å². The third-order valence-corrected chi connectivity index (χ3v) is 4.67. The second-order valence-corrected chi connectivity index (χ2v) is 6.28. The minimum atomic E-state index is -3.12. The van der Waals surface area contributed by atoms with E-state index >= 15 is 0 Å². The molecule has 0 aliphatic heterocycles. The first kappa shape index (κ1) is 10.6. The molecule has 0 bridgehead atoms. The second kappa shape index (κ2) is 3.59. The fourth-order valence-corrected chi connectivity index (χ4v) is 2.77. The fraction of sp³-hybridized carbons (Fsp3) is 0.545. The highest BCUT2D eigenvalue weighted by Gasteiger charge is 2.26. The summed E-state index contributed by atoms with van der Waals surface area (Å²) in [7, 11) is -3.12. The first-order valence-electron chi connectivity index (χ1n) is 5.24. The van der Waals surface area contributed by atoms with E-state index in [1.807, 2.05) is 6.20 Å². The standard InChI is InChI=1S/C11H15NO2S/c1-3-15(13,14)11-6-10(9-4-5-9)7-12-8(11)2/h6-7,9H,3-5H2,1-2H3. The van der Waals surface area contributed by atoms with E-state index in [1.165, 1.54) is 0 Å². The lowest BCUT2D eigenvalue weighted by Gasteiger charge is -2.07. The highest BCUT2D eigenvalue weighted by molar-refractivity contribution is 7.91. The Kier molecular flexibility index (Phi) is 2.54. The van der Waals surface area contributed by atoms with Crippen LogP contribution in [0.1, 0.15) is 36.9 Å². The lowest BCUT2D eigenvalue weighted by atomic mass is 10.2. The monoisotopic (exact) mass is 225 g/mol. The van der Waals surface area contributed by atoms with Crippen LogP contribution in [0.2, 0.25) is 0 Å². The molecule has 1 saturated carbocycles. The highest BCUT2D eigenvalue weighted by atomic mass is 32.2. The van der Waals surface area contributed by atoms with Crippen molar-refractivity contribution in [3.63, 3.8) is 0 Å². The van der Waals surface area contributed by atoms with Gasteiger partial charge >= 0.3 is 0 Å². The van der Waals surface area contributed by atoms with Crippen LogP contribution in [-0.4, -0.2) is 19.2 Å². The molecular formula is C11H15NO2S. The second-order valence-electron chi connectivity index (χ2n) is 4.03. The van der Waals surface area contributed by atoms with Crippen molar-refractivity contribution in [1.82, 2.24) is 4.98 Å². The fourth-order valence-electron chi connectivity index (χ4n) is 1.64. The van der Waals surface area contributed by atoms with Crippen molar-refractivity contribution in [2.45, 2.75) is 37.5 Å². The van der Waals surface area contributed by atoms with Crippen LogP contribution in [0.15, 0.2) is 17.2 Å². The maximum atomic E-state index is 11.8. The van der Waals surface area contributed by atoms with E-state index in [9.17, 15) is 8.42 Å². The summed E-state index contributed by atoms with van der Waals surface area (Å²) < 4.78 is 23.6. The van der Waals surface area contributed by atoms with Gasteiger partial charge in [-0.3, -0.25) is 4.98 Å². The molecule has 0 unspecified atom stereocenters. The predicted molar refractivity (Wildman–Crippen MR) is 58.7 cm³/mol. The minimum absolute atomic E-state index is 0.142. The molecule has 3 nitrogen and oxygen atoms in total. The van der Waals surface area contributed by atoms with Gasteiger partial charge in [0.1, 0.15) is 0 Å². The molecule has 0 spiro atoms. The Morgan fingerprint density at radius 1 is 1.47 bits per heavy atom. The van der Waals surface area contributed by atoms with E-state index in [1.54, 1.807) is 19.9 Å². The predicted octanol–water partition coefficient (Wildman–Crippen LogP) is 2.06. The van der Waals surface area contributed by atoms with Gasteiger partial charge in [-0.2, -0.15) is 0 Å². The van der Waals surface area contributed by atoms with Gasteiger partial charge in [-0.05, 0) is 37.3 Å². The lowest BCUT2D eigenvalue weighted by Crippen LogP contribution is -2.07. The van der Waals surface area contributed by atoms with Crippen LogP contribution in [0.5, 0.6) is 0 Å². The highest BCUT2D eigenvalue weighted by Crippen LogP contribution is 2.40. The molecule has 1 aliphatic rings. The molecule has 0 aromatic carbocycles. The van der Waals surface area contributed by atoms with E-state index in [0.29, 0.717) is 16.5 Å². The Labute approximate surface area is 90.5 Å². The topological polar surface area (TPSA) is 47.0 Å². The summed E-state index contributed by atoms with van der Waals surface area (Å²) >= 11 is 0. The summed E-state index contributed by atoms with van der Waals surface area (Å²) in [6.07, 6.45) is 4.13. The van der Waals surface area contributed by atoms with Crippen LogP contribution in [0.3, 0.4) is 0 Å². The summed E-state index contributed by atoms with van der Waals surface area (Å²) in [5.41, 5.74) is 1.69. The maximum Gasteiger partial charge on any atom is 0.179 e. The molecule has 0 N–H and O–H groups in total. The van der Waals surface area contributed by atoms with Crippen molar-refractivity contribution in [3.05, 3.63) is 23.5 Å². The van der Waals surface area contributed by atoms with Crippen molar-refractivity contribution in [2.75, 3.05) is 5.75 Å². The SMILES string of the molecule is CCS(=O)(=O)c1cc(C2CC2)cnc1C. The summed E-state index contributed by atoms with van der Waals surface area (Å²) in [5, 5.41) is 0. The van der Waals surface area contributed by atoms with Crippen LogP contribution in [0.4, 0.5) is 0 Å². The molecule has 0 atom stereocenters. The van der Waals surface area contributed by atoms with Crippen molar-refractivity contribution in [3.8, 4) is 0 Å². The summed E-state index contributed by atoms with van der Waals surface area (Å²) in [5.74, 6) is 0.688. The van der Waals surface area contributed by atoms with Gasteiger partial charge in [0.25, 0.3) is 0 Å². The molecule has 0 amide bonds. The Morgan fingerprint density at radius 3 is 2.67 bits per heavy atom. The van der Waals surface area contributed by atoms with E-state index in [0.717, 1.165) is 18.4 Å². The van der Waals surface area contributed by atoms with E-state index in [-0.39, 0.29) is 5.75 Å². The third-order valence-electron chi connectivity index (χ3n) is 2.83. The Hall–Kier alpha value is -0.900. The van der Waals surface area contributed by atoms with Gasteiger partial charge in [0.15, 0.2) is 9.84 Å². The molecule has 1 heterocycles. The van der Waals surface area contributed by atoms with E-state index in [2.05, 4.69) is 4.98 Å². The lowest BCUT2D eigenvalue weighted by molar-refractivity contribution is 0.596. The van der Waals surface area contributed by atoms with Crippen molar-refractivity contribution in [2.24, 2.45) is 0 Å². The van der Waals surface area contributed by atoms with Crippen LogP contribution in [-0.2, 0) is 9.84 Å². The Morgan fingerprint density at radius 2 is 2.13 bits per heavy atom. The van der Waals surface area contributed by atoms with Gasteiger partial charge in [-0.25, -0.2) is 8.42 Å². The molecule has 82 valence electrons. The van der Waals surface area contributed by atoms with E-state index in [4.69, 9.17) is 0 Å². The molecule has 1 aromatic rings.